The summed E-state index contributed by atoms with van der Waals surface area (Å²) in [6.45, 7) is 3.98. The van der Waals surface area contributed by atoms with E-state index in [0.29, 0.717) is 18.6 Å². The van der Waals surface area contributed by atoms with Crippen LogP contribution in [0.3, 0.4) is 0 Å². The summed E-state index contributed by atoms with van der Waals surface area (Å²) in [5.74, 6) is 0. The zero-order chi connectivity index (χ0) is 13.1. The minimum absolute atomic E-state index is 0.0145. The van der Waals surface area contributed by atoms with E-state index < -0.39 is 0 Å². The molecule has 0 aromatic heterocycles. The second kappa shape index (κ2) is 5.09. The summed E-state index contributed by atoms with van der Waals surface area (Å²) in [4.78, 5) is 0. The van der Waals surface area contributed by atoms with Gasteiger partial charge < -0.3 is 16.1 Å². The lowest BCUT2D eigenvalue weighted by Gasteiger charge is -2.30. The lowest BCUT2D eigenvalue weighted by atomic mass is 9.74. The Morgan fingerprint density at radius 3 is 2.35 bits per heavy atom. The van der Waals surface area contributed by atoms with Gasteiger partial charge in [-0.15, -0.1) is 0 Å². The number of hydrazone groups is 1. The van der Waals surface area contributed by atoms with E-state index in [0.717, 1.165) is 0 Å². The Labute approximate surface area is 104 Å². The molecule has 1 aliphatic rings. The largest absolute Gasteiger partial charge is 0.411 e. The SMILES string of the molecule is CC1(C)CC(=N/O)/C(=N\O)C(=N/NC(N)=S)/C1. The van der Waals surface area contributed by atoms with Crippen LogP contribution in [0.5, 0.6) is 0 Å². The lowest BCUT2D eigenvalue weighted by Crippen LogP contribution is -2.40. The first-order valence-electron chi connectivity index (χ1n) is 4.95. The van der Waals surface area contributed by atoms with Gasteiger partial charge in [0.15, 0.2) is 10.8 Å². The molecule has 0 spiro atoms. The van der Waals surface area contributed by atoms with Crippen LogP contribution in [-0.2, 0) is 0 Å². The lowest BCUT2D eigenvalue weighted by molar-refractivity contribution is 0.306. The van der Waals surface area contributed by atoms with Crippen LogP contribution >= 0.6 is 12.2 Å². The van der Waals surface area contributed by atoms with Crippen molar-refractivity contribution < 1.29 is 10.4 Å². The van der Waals surface area contributed by atoms with Crippen LogP contribution in [0.4, 0.5) is 0 Å². The number of rotatable bonds is 1. The van der Waals surface area contributed by atoms with Crippen LogP contribution in [0.2, 0.25) is 0 Å². The molecule has 94 valence electrons. The maximum Gasteiger partial charge on any atom is 0.184 e. The summed E-state index contributed by atoms with van der Waals surface area (Å²) in [6, 6.07) is 0. The predicted octanol–water partition coefficient (Wildman–Crippen LogP) is 0.656. The van der Waals surface area contributed by atoms with E-state index >= 15 is 0 Å². The number of thiocarbonyl (C=S) groups is 1. The van der Waals surface area contributed by atoms with E-state index in [1.165, 1.54) is 0 Å². The van der Waals surface area contributed by atoms with Crippen molar-refractivity contribution in [3.8, 4) is 0 Å². The minimum atomic E-state index is -0.146. The highest BCUT2D eigenvalue weighted by Gasteiger charge is 2.35. The van der Waals surface area contributed by atoms with Crippen molar-refractivity contribution in [1.29, 1.82) is 0 Å². The van der Waals surface area contributed by atoms with Crippen molar-refractivity contribution >= 4 is 34.5 Å². The van der Waals surface area contributed by atoms with Gasteiger partial charge in [0.2, 0.25) is 0 Å². The standard InChI is InChI=1S/C9H15N5O2S/c1-9(2)3-5(11-12-8(10)17)7(14-16)6(4-9)13-15/h15-16H,3-4H2,1-2H3,(H3,10,12,17)/b11-5+,13-6-,14-7-. The molecule has 1 aliphatic carbocycles. The molecule has 7 nitrogen and oxygen atoms in total. The molecule has 1 saturated carbocycles. The average Bonchev–Trinajstić information content (AvgIpc) is 2.24. The van der Waals surface area contributed by atoms with Crippen molar-refractivity contribution in [3.63, 3.8) is 0 Å². The summed E-state index contributed by atoms with van der Waals surface area (Å²) in [5.41, 5.74) is 8.43. The van der Waals surface area contributed by atoms with Crippen molar-refractivity contribution in [2.24, 2.45) is 26.6 Å². The fourth-order valence-corrected chi connectivity index (χ4v) is 1.76. The third-order valence-corrected chi connectivity index (χ3v) is 2.45. The van der Waals surface area contributed by atoms with E-state index in [2.05, 4.69) is 33.1 Å². The van der Waals surface area contributed by atoms with Gasteiger partial charge in [-0.05, 0) is 24.1 Å². The number of hydrogen-bond donors (Lipinski definition) is 4. The molecule has 0 saturated heterocycles. The Balaban J connectivity index is 3.08. The van der Waals surface area contributed by atoms with E-state index in [1.54, 1.807) is 0 Å². The highest BCUT2D eigenvalue weighted by molar-refractivity contribution is 7.80. The highest BCUT2D eigenvalue weighted by atomic mass is 32.1. The molecular formula is C9H15N5O2S. The van der Waals surface area contributed by atoms with Gasteiger partial charge in [0.25, 0.3) is 0 Å². The summed E-state index contributed by atoms with van der Waals surface area (Å²) in [6.07, 6.45) is 1.05. The van der Waals surface area contributed by atoms with Crippen LogP contribution in [0.25, 0.3) is 0 Å². The molecule has 0 heterocycles. The zero-order valence-corrected chi connectivity index (χ0v) is 10.5. The molecule has 0 amide bonds. The predicted molar refractivity (Wildman–Crippen MR) is 68.8 cm³/mol. The number of nitrogens with zero attached hydrogens (tertiary/aromatic N) is 3. The summed E-state index contributed by atoms with van der Waals surface area (Å²) in [7, 11) is 0. The van der Waals surface area contributed by atoms with Crippen LogP contribution in [0.1, 0.15) is 26.7 Å². The third kappa shape index (κ3) is 3.38. The van der Waals surface area contributed by atoms with Gasteiger partial charge in [-0.25, -0.2) is 0 Å². The molecule has 1 rings (SSSR count). The fourth-order valence-electron chi connectivity index (χ4n) is 1.72. The Morgan fingerprint density at radius 1 is 1.29 bits per heavy atom. The molecule has 8 heteroatoms. The molecule has 0 unspecified atom stereocenters. The third-order valence-electron chi connectivity index (χ3n) is 2.36. The van der Waals surface area contributed by atoms with E-state index in [9.17, 15) is 0 Å². The van der Waals surface area contributed by atoms with Crippen LogP contribution in [-0.4, -0.2) is 32.7 Å². The van der Waals surface area contributed by atoms with Crippen molar-refractivity contribution in [2.45, 2.75) is 26.7 Å². The van der Waals surface area contributed by atoms with Crippen molar-refractivity contribution in [3.05, 3.63) is 0 Å². The molecule has 0 aliphatic heterocycles. The Hall–Kier alpha value is -1.70. The molecule has 0 bridgehead atoms. The Kier molecular flexibility index (Phi) is 4.00. The van der Waals surface area contributed by atoms with Crippen LogP contribution in [0.15, 0.2) is 15.4 Å². The highest BCUT2D eigenvalue weighted by Crippen LogP contribution is 2.31. The molecule has 0 atom stereocenters. The Bertz CT molecular complexity index is 414. The number of nitrogens with one attached hydrogen (secondary N) is 1. The summed E-state index contributed by atoms with van der Waals surface area (Å²) < 4.78 is 0. The number of nitrogens with two attached hydrogens (primary N) is 1. The van der Waals surface area contributed by atoms with Gasteiger partial charge in [0.05, 0.1) is 5.71 Å². The van der Waals surface area contributed by atoms with E-state index in [1.807, 2.05) is 13.8 Å². The molecule has 0 radical (unpaired) electrons. The number of oxime groups is 2. The quantitative estimate of drug-likeness (QED) is 0.313. The van der Waals surface area contributed by atoms with E-state index in [4.69, 9.17) is 16.1 Å². The van der Waals surface area contributed by atoms with Gasteiger partial charge in [0, 0.05) is 6.42 Å². The molecular weight excluding hydrogens is 242 g/mol. The zero-order valence-electron chi connectivity index (χ0n) is 9.64. The maximum absolute atomic E-state index is 8.92. The first kappa shape index (κ1) is 13.4. The van der Waals surface area contributed by atoms with Crippen molar-refractivity contribution in [2.75, 3.05) is 0 Å². The minimum Gasteiger partial charge on any atom is -0.411 e. The van der Waals surface area contributed by atoms with Crippen molar-refractivity contribution in [1.82, 2.24) is 5.43 Å². The molecule has 5 N–H and O–H groups in total. The molecule has 1 fully saturated rings. The van der Waals surface area contributed by atoms with E-state index in [-0.39, 0.29) is 22.0 Å². The number of hydrogen-bond acceptors (Lipinski definition) is 6. The molecule has 0 aromatic rings. The fraction of sp³-hybridized carbons (Fsp3) is 0.556. The summed E-state index contributed by atoms with van der Waals surface area (Å²) >= 11 is 4.63. The Morgan fingerprint density at radius 2 is 1.88 bits per heavy atom. The monoisotopic (exact) mass is 257 g/mol. The summed E-state index contributed by atoms with van der Waals surface area (Å²) in [5, 5.41) is 28.0. The second-order valence-corrected chi connectivity index (χ2v) is 4.99. The molecule has 17 heavy (non-hydrogen) atoms. The topological polar surface area (TPSA) is 116 Å². The first-order chi connectivity index (χ1) is 7.89. The van der Waals surface area contributed by atoms with Gasteiger partial charge in [0.1, 0.15) is 5.71 Å². The van der Waals surface area contributed by atoms with Gasteiger partial charge in [-0.3, -0.25) is 5.43 Å². The normalized spacial score (nSPS) is 26.4. The smallest absolute Gasteiger partial charge is 0.184 e. The maximum atomic E-state index is 8.92. The second-order valence-electron chi connectivity index (χ2n) is 4.55. The van der Waals surface area contributed by atoms with Gasteiger partial charge in [-0.2, -0.15) is 5.10 Å². The molecule has 0 aromatic carbocycles. The van der Waals surface area contributed by atoms with Crippen LogP contribution < -0.4 is 11.2 Å². The first-order valence-corrected chi connectivity index (χ1v) is 5.36. The van der Waals surface area contributed by atoms with Gasteiger partial charge in [-0.1, -0.05) is 24.2 Å². The average molecular weight is 257 g/mol. The van der Waals surface area contributed by atoms with Gasteiger partial charge >= 0.3 is 0 Å². The van der Waals surface area contributed by atoms with Crippen LogP contribution in [0, 0.1) is 5.41 Å².